The Labute approximate surface area is 179 Å². The number of carbonyl (C=O) groups excluding carboxylic acids is 2. The van der Waals surface area contributed by atoms with Crippen molar-refractivity contribution in [2.75, 3.05) is 32.6 Å². The Kier molecular flexibility index (Phi) is 5.92. The summed E-state index contributed by atoms with van der Waals surface area (Å²) in [4.78, 5) is 27.1. The molecule has 0 spiro atoms. The van der Waals surface area contributed by atoms with E-state index in [1.54, 1.807) is 47.5 Å². The van der Waals surface area contributed by atoms with E-state index in [1.807, 2.05) is 10.7 Å². The second-order valence-electron chi connectivity index (χ2n) is 7.16. The minimum absolute atomic E-state index is 0.0677. The van der Waals surface area contributed by atoms with Crippen LogP contribution in [0, 0.1) is 0 Å². The molecule has 4 rings (SSSR count). The number of nitrogens with one attached hydrogen (secondary N) is 1. The number of piperidine rings is 1. The molecule has 1 saturated heterocycles. The average molecular weight is 424 g/mol. The molecule has 0 unspecified atom stereocenters. The maximum Gasteiger partial charge on any atom is 0.289 e. The van der Waals surface area contributed by atoms with Crippen molar-refractivity contribution in [1.29, 1.82) is 0 Å². The smallest absolute Gasteiger partial charge is 0.289 e. The van der Waals surface area contributed by atoms with Gasteiger partial charge in [-0.15, -0.1) is 0 Å². The number of nitrogens with zero attached hydrogens (tertiary/aromatic N) is 3. The normalized spacial score (nSPS) is 14.3. The quantitative estimate of drug-likeness (QED) is 0.652. The fraction of sp³-hybridized carbons (Fsp3) is 0.318. The molecular formula is C22H24N4O5. The first-order valence-corrected chi connectivity index (χ1v) is 10.0. The van der Waals surface area contributed by atoms with E-state index in [0.29, 0.717) is 49.0 Å². The van der Waals surface area contributed by atoms with E-state index >= 15 is 0 Å². The van der Waals surface area contributed by atoms with Crippen LogP contribution >= 0.6 is 0 Å². The summed E-state index contributed by atoms with van der Waals surface area (Å²) in [5.41, 5.74) is 0.451. The van der Waals surface area contributed by atoms with Crippen molar-refractivity contribution in [3.63, 3.8) is 0 Å². The average Bonchev–Trinajstić information content (AvgIpc) is 3.48. The lowest BCUT2D eigenvalue weighted by molar-refractivity contribution is 0.0653. The number of rotatable bonds is 6. The fourth-order valence-corrected chi connectivity index (χ4v) is 3.73. The van der Waals surface area contributed by atoms with Crippen LogP contribution in [-0.4, -0.2) is 53.8 Å². The van der Waals surface area contributed by atoms with Crippen molar-refractivity contribution in [2.45, 2.75) is 18.9 Å². The summed E-state index contributed by atoms with van der Waals surface area (Å²) in [6, 6.07) is 12.1. The molecule has 31 heavy (non-hydrogen) atoms. The van der Waals surface area contributed by atoms with Gasteiger partial charge in [0.2, 0.25) is 0 Å². The van der Waals surface area contributed by atoms with Crippen LogP contribution in [-0.2, 0) is 0 Å². The van der Waals surface area contributed by atoms with Gasteiger partial charge in [0.1, 0.15) is 11.6 Å². The summed E-state index contributed by atoms with van der Waals surface area (Å²) in [6.07, 6.45) is 3.08. The van der Waals surface area contributed by atoms with E-state index in [9.17, 15) is 9.59 Å². The highest BCUT2D eigenvalue weighted by molar-refractivity contribution is 6.05. The highest BCUT2D eigenvalue weighted by Gasteiger charge is 2.28. The van der Waals surface area contributed by atoms with Crippen LogP contribution in [0.15, 0.2) is 53.1 Å². The molecule has 0 atom stereocenters. The van der Waals surface area contributed by atoms with Crippen molar-refractivity contribution in [2.24, 2.45) is 0 Å². The van der Waals surface area contributed by atoms with Crippen LogP contribution in [0.2, 0.25) is 0 Å². The van der Waals surface area contributed by atoms with Gasteiger partial charge in [0.05, 0.1) is 32.0 Å². The highest BCUT2D eigenvalue weighted by Crippen LogP contribution is 2.28. The van der Waals surface area contributed by atoms with Crippen molar-refractivity contribution in [3.05, 3.63) is 60.0 Å². The third kappa shape index (κ3) is 4.25. The predicted molar refractivity (Wildman–Crippen MR) is 113 cm³/mol. The molecule has 0 saturated carbocycles. The predicted octanol–water partition coefficient (Wildman–Crippen LogP) is 3.22. The third-order valence-corrected chi connectivity index (χ3v) is 5.35. The molecule has 1 fully saturated rings. The molecule has 1 aliphatic rings. The summed E-state index contributed by atoms with van der Waals surface area (Å²) in [6.45, 7) is 1.12. The number of aromatic nitrogens is 2. The number of furan rings is 1. The molecule has 0 radical (unpaired) electrons. The number of para-hydroxylation sites is 1. The van der Waals surface area contributed by atoms with Crippen molar-refractivity contribution >= 4 is 17.6 Å². The van der Waals surface area contributed by atoms with E-state index < -0.39 is 0 Å². The molecule has 0 bridgehead atoms. The van der Waals surface area contributed by atoms with E-state index in [0.717, 1.165) is 0 Å². The zero-order chi connectivity index (χ0) is 21.8. The van der Waals surface area contributed by atoms with Gasteiger partial charge in [-0.1, -0.05) is 12.1 Å². The summed E-state index contributed by atoms with van der Waals surface area (Å²) >= 11 is 0. The van der Waals surface area contributed by atoms with E-state index in [2.05, 4.69) is 10.4 Å². The maximum atomic E-state index is 12.7. The number of ether oxygens (including phenoxy) is 2. The first-order valence-electron chi connectivity index (χ1n) is 10.0. The first-order chi connectivity index (χ1) is 15.1. The molecular weight excluding hydrogens is 400 g/mol. The Morgan fingerprint density at radius 3 is 2.55 bits per heavy atom. The monoisotopic (exact) mass is 424 g/mol. The van der Waals surface area contributed by atoms with Crippen LogP contribution in [0.3, 0.4) is 0 Å². The number of hydrogen-bond acceptors (Lipinski definition) is 6. The van der Waals surface area contributed by atoms with Gasteiger partial charge in [-0.2, -0.15) is 5.10 Å². The maximum absolute atomic E-state index is 12.7. The molecule has 0 aliphatic carbocycles. The molecule has 1 aliphatic heterocycles. The van der Waals surface area contributed by atoms with Gasteiger partial charge >= 0.3 is 0 Å². The van der Waals surface area contributed by atoms with Crippen LogP contribution < -0.4 is 14.8 Å². The summed E-state index contributed by atoms with van der Waals surface area (Å²) < 4.78 is 17.5. The van der Waals surface area contributed by atoms with Crippen molar-refractivity contribution < 1.29 is 23.5 Å². The number of hydrogen-bond donors (Lipinski definition) is 1. The summed E-state index contributed by atoms with van der Waals surface area (Å²) in [7, 11) is 3.02. The van der Waals surface area contributed by atoms with Gasteiger partial charge in [-0.3, -0.25) is 9.59 Å². The SMILES string of the molecule is COc1ccc(C(=O)N2CCC(n3nccc3NC(=O)c3ccccc3OC)CC2)o1. The first kappa shape index (κ1) is 20.5. The number of benzene rings is 1. The Balaban J connectivity index is 1.40. The molecule has 1 N–H and O–H groups in total. The van der Waals surface area contributed by atoms with Crippen molar-refractivity contribution in [3.8, 4) is 11.7 Å². The molecule has 9 nitrogen and oxygen atoms in total. The number of amides is 2. The second kappa shape index (κ2) is 8.95. The molecule has 3 aromatic rings. The Bertz CT molecular complexity index is 1070. The lowest BCUT2D eigenvalue weighted by atomic mass is 10.0. The zero-order valence-corrected chi connectivity index (χ0v) is 17.4. The summed E-state index contributed by atoms with van der Waals surface area (Å²) in [5.74, 6) is 1.26. The van der Waals surface area contributed by atoms with Gasteiger partial charge in [-0.25, -0.2) is 4.68 Å². The van der Waals surface area contributed by atoms with Crippen LogP contribution in [0.5, 0.6) is 11.7 Å². The lowest BCUT2D eigenvalue weighted by Gasteiger charge is -2.32. The van der Waals surface area contributed by atoms with Crippen molar-refractivity contribution in [1.82, 2.24) is 14.7 Å². The number of carbonyl (C=O) groups is 2. The van der Waals surface area contributed by atoms with Crippen LogP contribution in [0.1, 0.15) is 39.8 Å². The van der Waals surface area contributed by atoms with Gasteiger partial charge < -0.3 is 24.1 Å². The van der Waals surface area contributed by atoms with Gasteiger partial charge in [0.25, 0.3) is 17.8 Å². The Hall–Kier alpha value is -3.75. The summed E-state index contributed by atoms with van der Waals surface area (Å²) in [5, 5.41) is 7.32. The minimum atomic E-state index is -0.265. The Morgan fingerprint density at radius 1 is 1.06 bits per heavy atom. The van der Waals surface area contributed by atoms with Crippen LogP contribution in [0.25, 0.3) is 0 Å². The fourth-order valence-electron chi connectivity index (χ4n) is 3.73. The van der Waals surface area contributed by atoms with Gasteiger partial charge in [0, 0.05) is 25.2 Å². The standard InChI is InChI=1S/C22H24N4O5/c1-29-17-6-4-3-5-16(17)21(27)24-19-9-12-23-26(19)15-10-13-25(14-11-15)22(28)18-7-8-20(30-2)31-18/h3-9,12,15H,10-11,13-14H2,1-2H3,(H,24,27). The van der Waals surface area contributed by atoms with E-state index in [-0.39, 0.29) is 23.6 Å². The molecule has 162 valence electrons. The molecule has 9 heteroatoms. The van der Waals surface area contributed by atoms with Gasteiger partial charge in [0.15, 0.2) is 5.76 Å². The van der Waals surface area contributed by atoms with E-state index in [1.165, 1.54) is 14.2 Å². The van der Waals surface area contributed by atoms with Crippen LogP contribution in [0.4, 0.5) is 5.82 Å². The number of anilines is 1. The molecule has 2 amide bonds. The molecule has 1 aromatic carbocycles. The largest absolute Gasteiger partial charge is 0.496 e. The molecule has 3 heterocycles. The second-order valence-corrected chi connectivity index (χ2v) is 7.16. The number of methoxy groups -OCH3 is 2. The Morgan fingerprint density at radius 2 is 1.84 bits per heavy atom. The van der Waals surface area contributed by atoms with Gasteiger partial charge in [-0.05, 0) is 31.0 Å². The minimum Gasteiger partial charge on any atom is -0.496 e. The topological polar surface area (TPSA) is 98.8 Å². The zero-order valence-electron chi connectivity index (χ0n) is 17.4. The molecule has 2 aromatic heterocycles. The third-order valence-electron chi connectivity index (χ3n) is 5.35. The van der Waals surface area contributed by atoms with E-state index in [4.69, 9.17) is 13.9 Å². The number of likely N-dealkylation sites (tertiary alicyclic amines) is 1. The lowest BCUT2D eigenvalue weighted by Crippen LogP contribution is -2.39. The highest BCUT2D eigenvalue weighted by atomic mass is 16.6.